The van der Waals surface area contributed by atoms with Gasteiger partial charge >= 0.3 is 0 Å². The van der Waals surface area contributed by atoms with Crippen LogP contribution in [0.5, 0.6) is 5.75 Å². The van der Waals surface area contributed by atoms with Crippen LogP contribution in [0, 0.1) is 4.77 Å². The number of nitrogens with one attached hydrogen (secondary N) is 3. The molecule has 1 atom stereocenters. The molecule has 1 saturated heterocycles. The Kier molecular flexibility index (Phi) is 5.68. The number of carbonyl (C=O) groups is 1. The molecule has 29 heavy (non-hydrogen) atoms. The number of aromatic nitrogens is 3. The molecule has 9 heteroatoms. The van der Waals surface area contributed by atoms with Crippen LogP contribution in [-0.2, 0) is 16.1 Å². The maximum Gasteiger partial charge on any atom is 0.278 e. The summed E-state index contributed by atoms with van der Waals surface area (Å²) in [6.07, 6.45) is 3.01. The maximum absolute atomic E-state index is 12.9. The third kappa shape index (κ3) is 4.06. The van der Waals surface area contributed by atoms with Gasteiger partial charge in [-0.25, -0.2) is 0 Å². The van der Waals surface area contributed by atoms with Crippen molar-refractivity contribution in [3.05, 3.63) is 33.3 Å². The quantitative estimate of drug-likeness (QED) is 0.514. The first-order chi connectivity index (χ1) is 14.1. The van der Waals surface area contributed by atoms with E-state index in [0.717, 1.165) is 30.4 Å². The van der Waals surface area contributed by atoms with Gasteiger partial charge in [-0.15, -0.1) is 0 Å². The average molecular weight is 417 g/mol. The molecule has 0 spiro atoms. The maximum atomic E-state index is 12.9. The zero-order valence-corrected chi connectivity index (χ0v) is 17.1. The van der Waals surface area contributed by atoms with Gasteiger partial charge in [0.05, 0.1) is 18.7 Å². The van der Waals surface area contributed by atoms with Crippen LogP contribution in [0.4, 0.5) is 0 Å². The van der Waals surface area contributed by atoms with Crippen LogP contribution >= 0.6 is 12.2 Å². The second kappa shape index (κ2) is 8.38. The third-order valence-electron chi connectivity index (χ3n) is 5.28. The van der Waals surface area contributed by atoms with Gasteiger partial charge in [0.2, 0.25) is 5.91 Å². The molecule has 0 radical (unpaired) electrons. The molecule has 3 heterocycles. The number of nitrogens with zero attached hydrogens (tertiary/aromatic N) is 1. The molecule has 8 nitrogen and oxygen atoms in total. The molecule has 1 amide bonds. The fourth-order valence-electron chi connectivity index (χ4n) is 3.71. The summed E-state index contributed by atoms with van der Waals surface area (Å²) in [5.74, 6) is 0.665. The van der Waals surface area contributed by atoms with Crippen molar-refractivity contribution in [2.24, 2.45) is 0 Å². The largest absolute Gasteiger partial charge is 0.497 e. The van der Waals surface area contributed by atoms with Crippen LogP contribution in [0.3, 0.4) is 0 Å². The fourth-order valence-corrected chi connectivity index (χ4v) is 3.99. The highest BCUT2D eigenvalue weighted by Crippen LogP contribution is 2.25. The highest BCUT2D eigenvalue weighted by molar-refractivity contribution is 7.71. The highest BCUT2D eigenvalue weighted by atomic mass is 32.1. The summed E-state index contributed by atoms with van der Waals surface area (Å²) in [6, 6.07) is 5.56. The van der Waals surface area contributed by atoms with Gasteiger partial charge in [-0.2, -0.15) is 0 Å². The second-order valence-corrected chi connectivity index (χ2v) is 7.60. The topological polar surface area (TPSA) is 101 Å². The van der Waals surface area contributed by atoms with E-state index in [2.05, 4.69) is 15.3 Å². The molecule has 2 aromatic heterocycles. The Labute approximate surface area is 172 Å². The van der Waals surface area contributed by atoms with Crippen LogP contribution < -0.4 is 15.6 Å². The molecular formula is C20H24N4O4S. The van der Waals surface area contributed by atoms with Crippen molar-refractivity contribution in [3.63, 3.8) is 0 Å². The van der Waals surface area contributed by atoms with Gasteiger partial charge in [0.25, 0.3) is 5.56 Å². The van der Waals surface area contributed by atoms with Crippen LogP contribution in [0.2, 0.25) is 0 Å². The molecule has 0 saturated carbocycles. The number of H-pyrrole nitrogens is 2. The molecule has 3 aromatic rings. The van der Waals surface area contributed by atoms with E-state index >= 15 is 0 Å². The van der Waals surface area contributed by atoms with Crippen molar-refractivity contribution in [1.82, 2.24) is 19.9 Å². The first-order valence-corrected chi connectivity index (χ1v) is 10.2. The summed E-state index contributed by atoms with van der Waals surface area (Å²) in [7, 11) is 1.60. The zero-order valence-electron chi connectivity index (χ0n) is 16.2. The molecule has 1 aliphatic rings. The Morgan fingerprint density at radius 2 is 2.24 bits per heavy atom. The van der Waals surface area contributed by atoms with Crippen LogP contribution in [0.25, 0.3) is 21.9 Å². The SMILES string of the molecule is COc1ccc2[nH]c3c(=O)n(CCCC(=O)NCC4CCCO4)c(=S)[nH]c3c2c1. The lowest BCUT2D eigenvalue weighted by Gasteiger charge is -2.11. The summed E-state index contributed by atoms with van der Waals surface area (Å²) in [4.78, 5) is 31.3. The van der Waals surface area contributed by atoms with E-state index in [-0.39, 0.29) is 17.6 Å². The molecule has 3 N–H and O–H groups in total. The lowest BCUT2D eigenvalue weighted by molar-refractivity contribution is -0.121. The number of hydrogen-bond acceptors (Lipinski definition) is 5. The van der Waals surface area contributed by atoms with Gasteiger partial charge in [0.1, 0.15) is 11.3 Å². The van der Waals surface area contributed by atoms with Gasteiger partial charge < -0.3 is 24.8 Å². The van der Waals surface area contributed by atoms with Gasteiger partial charge in [-0.05, 0) is 49.7 Å². The molecule has 154 valence electrons. The molecule has 0 aliphatic carbocycles. The number of hydrogen-bond donors (Lipinski definition) is 3. The number of fused-ring (bicyclic) bond motifs is 3. The lowest BCUT2D eigenvalue weighted by atomic mass is 10.2. The Balaban J connectivity index is 1.47. The number of methoxy groups -OCH3 is 1. The standard InChI is InChI=1S/C20H24N4O4S/c1-27-12-6-7-15-14(10-12)17-18(22-15)19(26)24(20(29)23-17)8-2-5-16(25)21-11-13-4-3-9-28-13/h6-7,10,13,22H,2-5,8-9,11H2,1H3,(H,21,25)(H,23,29). The van der Waals surface area contributed by atoms with E-state index in [0.29, 0.717) is 47.5 Å². The van der Waals surface area contributed by atoms with Crippen molar-refractivity contribution in [3.8, 4) is 5.75 Å². The number of amides is 1. The predicted molar refractivity (Wildman–Crippen MR) is 113 cm³/mol. The first-order valence-electron chi connectivity index (χ1n) is 9.77. The highest BCUT2D eigenvalue weighted by Gasteiger charge is 2.16. The Hall–Kier alpha value is -2.65. The minimum absolute atomic E-state index is 0.0396. The van der Waals surface area contributed by atoms with Crippen molar-refractivity contribution >= 4 is 40.1 Å². The van der Waals surface area contributed by atoms with Crippen molar-refractivity contribution in [1.29, 1.82) is 0 Å². The third-order valence-corrected chi connectivity index (χ3v) is 5.60. The van der Waals surface area contributed by atoms with Crippen LogP contribution in [0.1, 0.15) is 25.7 Å². The summed E-state index contributed by atoms with van der Waals surface area (Å²) < 4.78 is 12.6. The number of benzene rings is 1. The first kappa shape index (κ1) is 19.7. The molecule has 1 fully saturated rings. The van der Waals surface area contributed by atoms with Crippen molar-refractivity contribution < 1.29 is 14.3 Å². The van der Waals surface area contributed by atoms with Crippen LogP contribution in [0.15, 0.2) is 23.0 Å². The van der Waals surface area contributed by atoms with Gasteiger partial charge in [0, 0.05) is 37.0 Å². The second-order valence-electron chi connectivity index (χ2n) is 7.22. The van der Waals surface area contributed by atoms with Crippen molar-refractivity contribution in [2.45, 2.75) is 38.3 Å². The molecule has 1 aliphatic heterocycles. The van der Waals surface area contributed by atoms with Gasteiger partial charge in [-0.1, -0.05) is 0 Å². The summed E-state index contributed by atoms with van der Waals surface area (Å²) in [5, 5.41) is 3.75. The summed E-state index contributed by atoms with van der Waals surface area (Å²) in [6.45, 7) is 1.68. The van der Waals surface area contributed by atoms with E-state index in [1.54, 1.807) is 7.11 Å². The summed E-state index contributed by atoms with van der Waals surface area (Å²) in [5.41, 5.74) is 1.76. The Morgan fingerprint density at radius 1 is 1.38 bits per heavy atom. The zero-order chi connectivity index (χ0) is 20.4. The average Bonchev–Trinajstić information content (AvgIpc) is 3.36. The van der Waals surface area contributed by atoms with E-state index in [1.807, 2.05) is 18.2 Å². The number of rotatable bonds is 7. The number of carbonyl (C=O) groups excluding carboxylic acids is 1. The minimum Gasteiger partial charge on any atom is -0.497 e. The van der Waals surface area contributed by atoms with E-state index in [4.69, 9.17) is 21.7 Å². The van der Waals surface area contributed by atoms with Crippen molar-refractivity contribution in [2.75, 3.05) is 20.3 Å². The monoisotopic (exact) mass is 416 g/mol. The molecule has 4 rings (SSSR count). The normalized spacial score (nSPS) is 16.5. The predicted octanol–water partition coefficient (Wildman–Crippen LogP) is 2.62. The van der Waals surface area contributed by atoms with Gasteiger partial charge in [-0.3, -0.25) is 14.2 Å². The van der Waals surface area contributed by atoms with E-state index < -0.39 is 0 Å². The molecule has 1 unspecified atom stereocenters. The number of aromatic amines is 2. The Morgan fingerprint density at radius 3 is 3.00 bits per heavy atom. The smallest absolute Gasteiger partial charge is 0.278 e. The lowest BCUT2D eigenvalue weighted by Crippen LogP contribution is -2.32. The molecule has 1 aromatic carbocycles. The van der Waals surface area contributed by atoms with Gasteiger partial charge in [0.15, 0.2) is 4.77 Å². The van der Waals surface area contributed by atoms with E-state index in [1.165, 1.54) is 4.57 Å². The molecule has 0 bridgehead atoms. The fraction of sp³-hybridized carbons (Fsp3) is 0.450. The number of ether oxygens (including phenoxy) is 2. The van der Waals surface area contributed by atoms with Crippen LogP contribution in [-0.4, -0.2) is 46.8 Å². The molecular weight excluding hydrogens is 392 g/mol. The summed E-state index contributed by atoms with van der Waals surface area (Å²) >= 11 is 5.41. The van der Waals surface area contributed by atoms with E-state index in [9.17, 15) is 9.59 Å². The Bertz CT molecular complexity index is 1160. The minimum atomic E-state index is -0.196.